The molecule has 3 nitrogen and oxygen atoms in total. The summed E-state index contributed by atoms with van der Waals surface area (Å²) in [5.41, 5.74) is 38.3. The normalized spacial score (nSPS) is 11.2. The fourth-order valence-corrected chi connectivity index (χ4v) is 10.8. The van der Waals surface area contributed by atoms with Gasteiger partial charge in [0.15, 0.2) is 0 Å². The van der Waals surface area contributed by atoms with Crippen LogP contribution in [0, 0.1) is 172 Å². The number of aryl methyl sites for hydroxylation is 18. The Morgan fingerprint density at radius 2 is 0.521 bits per heavy atom. The van der Waals surface area contributed by atoms with E-state index in [4.69, 9.17) is 15.0 Å². The van der Waals surface area contributed by atoms with Crippen molar-refractivity contribution in [1.29, 1.82) is 0 Å². The minimum atomic E-state index is 0. The summed E-state index contributed by atoms with van der Waals surface area (Å²) in [7, 11) is 0. The molecule has 0 spiro atoms. The van der Waals surface area contributed by atoms with Gasteiger partial charge in [-0.2, -0.15) is 0 Å². The number of rotatable bonds is 3. The molecule has 0 aliphatic rings. The molecule has 0 aliphatic carbocycles. The SMILES string of the molecule is Cc1[c-]c(-c2nc(C)c(C)c3c(C)c(C)c(C)cc23)cc(C)c1C.Cc1cc(-c2nc(C)c(C)c3c(C)c(C)c(C)cc23)cc(C)c1C.Cc1cc(-c2nc(C)c(C)c3c(C)c(C)c(C)cc23)cc(C)c1C.[Ir]. The maximum absolute atomic E-state index is 4.99. The molecule has 3 heterocycles. The Morgan fingerprint density at radius 3 is 0.822 bits per heavy atom. The van der Waals surface area contributed by atoms with Crippen LogP contribution < -0.4 is 0 Å². The van der Waals surface area contributed by atoms with Crippen molar-refractivity contribution < 1.29 is 20.1 Å². The second-order valence-corrected chi connectivity index (χ2v) is 21.7. The first-order chi connectivity index (χ1) is 33.7. The summed E-state index contributed by atoms with van der Waals surface area (Å²) < 4.78 is 0. The maximum atomic E-state index is 4.99. The standard InChI is InChI=1S/2C23H27N.C23H26N.Ir/c3*1-12-9-20(10-13(2)15(12)4)23-21-11-14(3)16(5)17(6)22(21)18(7)19(8)24-23;/h2*9-11H,1-8H3;9,11H,1-8H3;/q;;-1;. The second kappa shape index (κ2) is 21.6. The first-order valence-corrected chi connectivity index (χ1v) is 26.0. The number of benzene rings is 6. The van der Waals surface area contributed by atoms with Gasteiger partial charge in [-0.05, 0) is 309 Å². The van der Waals surface area contributed by atoms with Crippen LogP contribution in [0.5, 0.6) is 0 Å². The molecule has 0 saturated carbocycles. The number of hydrogen-bond donors (Lipinski definition) is 0. The molecule has 9 aromatic rings. The first kappa shape index (κ1) is 56.5. The largest absolute Gasteiger partial charge is 0.301 e. The molecule has 0 bridgehead atoms. The number of nitrogens with zero attached hydrogens (tertiary/aromatic N) is 3. The Bertz CT molecular complexity index is 3260. The molecule has 1 radical (unpaired) electrons. The van der Waals surface area contributed by atoms with Gasteiger partial charge in [0.1, 0.15) is 0 Å². The fraction of sp³-hybridized carbons (Fsp3) is 0.348. The van der Waals surface area contributed by atoms with Crippen LogP contribution in [0.2, 0.25) is 0 Å². The van der Waals surface area contributed by atoms with E-state index in [1.807, 2.05) is 0 Å². The predicted octanol–water partition coefficient (Wildman–Crippen LogP) is 18.9. The molecule has 0 N–H and O–H groups in total. The van der Waals surface area contributed by atoms with Crippen molar-refractivity contribution in [2.24, 2.45) is 0 Å². The predicted molar refractivity (Wildman–Crippen MR) is 314 cm³/mol. The van der Waals surface area contributed by atoms with Crippen LogP contribution in [-0.2, 0) is 20.1 Å². The molecule has 3 aromatic heterocycles. The molecule has 4 heteroatoms. The van der Waals surface area contributed by atoms with Crippen LogP contribution in [0.1, 0.15) is 134 Å². The van der Waals surface area contributed by atoms with Gasteiger partial charge in [-0.1, -0.05) is 26.8 Å². The zero-order valence-electron chi connectivity index (χ0n) is 48.8. The van der Waals surface area contributed by atoms with Crippen molar-refractivity contribution in [3.05, 3.63) is 189 Å². The zero-order chi connectivity index (χ0) is 53.3. The van der Waals surface area contributed by atoms with Crippen molar-refractivity contribution in [3.8, 4) is 33.8 Å². The monoisotopic (exact) mass is 1140 g/mol. The van der Waals surface area contributed by atoms with Crippen LogP contribution >= 0.6 is 0 Å². The van der Waals surface area contributed by atoms with Crippen LogP contribution in [-0.4, -0.2) is 15.0 Å². The van der Waals surface area contributed by atoms with Gasteiger partial charge in [0.05, 0.1) is 11.4 Å². The Hall–Kier alpha value is -5.80. The second-order valence-electron chi connectivity index (χ2n) is 21.7. The van der Waals surface area contributed by atoms with Gasteiger partial charge in [0.2, 0.25) is 0 Å². The van der Waals surface area contributed by atoms with Crippen molar-refractivity contribution in [2.45, 2.75) is 166 Å². The molecular weight excluding hydrogens is 1060 g/mol. The van der Waals surface area contributed by atoms with Gasteiger partial charge >= 0.3 is 0 Å². The molecule has 0 saturated heterocycles. The Labute approximate surface area is 453 Å². The average molecular weight is 1140 g/mol. The molecule has 73 heavy (non-hydrogen) atoms. The third kappa shape index (κ3) is 10.4. The van der Waals surface area contributed by atoms with E-state index in [9.17, 15) is 0 Å². The van der Waals surface area contributed by atoms with Gasteiger partial charge in [0, 0.05) is 59.1 Å². The molecule has 6 aromatic carbocycles. The van der Waals surface area contributed by atoms with E-state index in [1.165, 1.54) is 160 Å². The van der Waals surface area contributed by atoms with Crippen molar-refractivity contribution in [1.82, 2.24) is 15.0 Å². The van der Waals surface area contributed by atoms with Gasteiger partial charge < -0.3 is 4.98 Å². The zero-order valence-corrected chi connectivity index (χ0v) is 51.2. The van der Waals surface area contributed by atoms with Gasteiger partial charge in [-0.25, -0.2) is 0 Å². The third-order valence-electron chi connectivity index (χ3n) is 17.3. The molecule has 0 atom stereocenters. The van der Waals surface area contributed by atoms with E-state index < -0.39 is 0 Å². The number of hydrogen-bond acceptors (Lipinski definition) is 3. The molecule has 0 unspecified atom stereocenters. The Kier molecular flexibility index (Phi) is 16.7. The summed E-state index contributed by atoms with van der Waals surface area (Å²) in [5, 5.41) is 7.90. The Balaban J connectivity index is 0.000000177. The topological polar surface area (TPSA) is 38.7 Å². The summed E-state index contributed by atoms with van der Waals surface area (Å²) in [5.74, 6) is 0. The summed E-state index contributed by atoms with van der Waals surface area (Å²) >= 11 is 0. The molecule has 0 aliphatic heterocycles. The summed E-state index contributed by atoms with van der Waals surface area (Å²) in [6.45, 7) is 52.5. The fourth-order valence-electron chi connectivity index (χ4n) is 10.8. The minimum Gasteiger partial charge on any atom is -0.301 e. The first-order valence-electron chi connectivity index (χ1n) is 26.0. The van der Waals surface area contributed by atoms with Gasteiger partial charge in [-0.15, -0.1) is 34.4 Å². The van der Waals surface area contributed by atoms with Crippen molar-refractivity contribution >= 4 is 32.3 Å². The number of fused-ring (bicyclic) bond motifs is 3. The van der Waals surface area contributed by atoms with Crippen LogP contribution in [0.15, 0.2) is 48.5 Å². The maximum Gasteiger partial charge on any atom is 0.0784 e. The summed E-state index contributed by atoms with van der Waals surface area (Å²) in [4.78, 5) is 15.0. The van der Waals surface area contributed by atoms with Crippen molar-refractivity contribution in [3.63, 3.8) is 0 Å². The molecule has 0 fully saturated rings. The third-order valence-corrected chi connectivity index (χ3v) is 17.3. The molecule has 0 amide bonds. The number of aromatic nitrogens is 3. The minimum absolute atomic E-state index is 0. The van der Waals surface area contributed by atoms with E-state index in [2.05, 4.69) is 221 Å². The van der Waals surface area contributed by atoms with E-state index >= 15 is 0 Å². The van der Waals surface area contributed by atoms with E-state index in [-0.39, 0.29) is 20.1 Å². The van der Waals surface area contributed by atoms with E-state index in [1.54, 1.807) is 0 Å². The average Bonchev–Trinajstić information content (AvgIpc) is 3.32. The van der Waals surface area contributed by atoms with Gasteiger partial charge in [0.25, 0.3) is 0 Å². The summed E-state index contributed by atoms with van der Waals surface area (Å²) in [6, 6.07) is 21.8. The van der Waals surface area contributed by atoms with E-state index in [0.29, 0.717) is 0 Å². The number of pyridine rings is 3. The quantitative estimate of drug-likeness (QED) is 0.166. The van der Waals surface area contributed by atoms with Crippen LogP contribution in [0.4, 0.5) is 0 Å². The smallest absolute Gasteiger partial charge is 0.0784 e. The Morgan fingerprint density at radius 1 is 0.260 bits per heavy atom. The molecule has 381 valence electrons. The molecular formula is C69H80IrN3-. The van der Waals surface area contributed by atoms with Crippen LogP contribution in [0.25, 0.3) is 66.1 Å². The molecule has 9 rings (SSSR count). The van der Waals surface area contributed by atoms with E-state index in [0.717, 1.165) is 39.7 Å². The van der Waals surface area contributed by atoms with Gasteiger partial charge in [-0.3, -0.25) is 9.97 Å². The summed E-state index contributed by atoms with van der Waals surface area (Å²) in [6.07, 6.45) is 0. The van der Waals surface area contributed by atoms with Crippen molar-refractivity contribution in [2.75, 3.05) is 0 Å². The van der Waals surface area contributed by atoms with Crippen LogP contribution in [0.3, 0.4) is 0 Å².